The molecule has 3 N–H and O–H groups in total. The molecule has 3 aromatic carbocycles. The van der Waals surface area contributed by atoms with Gasteiger partial charge in [0, 0.05) is 12.1 Å². The standard InChI is InChI=1S/C26H23N5O3S/c1-2-14-27-25-28-21-9-5-8-20(24(32)33)22(21)31(25)15-16-10-12-17(13-11-16)18-6-3-4-7-19(18)23-29-26(35)34-30-23/h3-13H,2,14-15H2,1H3,(H,27,28)(H,32,33)(H,29,30,35). The SMILES string of the molecule is CCCNc1nc2cccc(C(=O)O)c2n1Cc1ccc(-c2ccccc2-c2nc(=S)o[nH]2)cc1. The maximum atomic E-state index is 11.9. The fourth-order valence-electron chi connectivity index (χ4n) is 4.14. The number of aromatic nitrogens is 4. The Kier molecular flexibility index (Phi) is 6.15. The molecule has 0 bridgehead atoms. The zero-order valence-electron chi connectivity index (χ0n) is 19.0. The van der Waals surface area contributed by atoms with E-state index in [9.17, 15) is 9.90 Å². The summed E-state index contributed by atoms with van der Waals surface area (Å²) in [4.78, 5) is 21.0. The van der Waals surface area contributed by atoms with Crippen LogP contribution in [-0.2, 0) is 6.54 Å². The molecule has 0 saturated heterocycles. The lowest BCUT2D eigenvalue weighted by Gasteiger charge is -2.13. The number of nitrogens with one attached hydrogen (secondary N) is 2. The van der Waals surface area contributed by atoms with Crippen molar-refractivity contribution in [3.8, 4) is 22.5 Å². The quantitative estimate of drug-likeness (QED) is 0.232. The van der Waals surface area contributed by atoms with Gasteiger partial charge in [-0.25, -0.2) is 14.9 Å². The summed E-state index contributed by atoms with van der Waals surface area (Å²) in [6.07, 6.45) is 0.930. The van der Waals surface area contributed by atoms with E-state index in [-0.39, 0.29) is 10.4 Å². The Morgan fingerprint density at radius 2 is 1.83 bits per heavy atom. The minimum atomic E-state index is -0.974. The van der Waals surface area contributed by atoms with Crippen LogP contribution in [0.25, 0.3) is 33.5 Å². The number of carboxylic acids is 1. The van der Waals surface area contributed by atoms with Crippen molar-refractivity contribution in [2.75, 3.05) is 11.9 Å². The van der Waals surface area contributed by atoms with Gasteiger partial charge in [0.25, 0.3) is 0 Å². The molecule has 176 valence electrons. The fraction of sp³-hybridized carbons (Fsp3) is 0.154. The van der Waals surface area contributed by atoms with Crippen LogP contribution in [0.15, 0.2) is 71.3 Å². The highest BCUT2D eigenvalue weighted by molar-refractivity contribution is 7.71. The molecular formula is C26H23N5O3S. The molecule has 0 spiro atoms. The molecule has 0 unspecified atom stereocenters. The van der Waals surface area contributed by atoms with Gasteiger partial charge in [-0.3, -0.25) is 0 Å². The van der Waals surface area contributed by atoms with E-state index < -0.39 is 5.97 Å². The summed E-state index contributed by atoms with van der Waals surface area (Å²) in [6, 6.07) is 21.2. The Balaban J connectivity index is 1.52. The molecular weight excluding hydrogens is 462 g/mol. The Labute approximate surface area is 206 Å². The Bertz CT molecular complexity index is 1570. The van der Waals surface area contributed by atoms with E-state index in [0.29, 0.717) is 29.4 Å². The van der Waals surface area contributed by atoms with Gasteiger partial charge in [0.15, 0.2) is 5.82 Å². The molecule has 5 rings (SSSR count). The lowest BCUT2D eigenvalue weighted by molar-refractivity contribution is 0.0698. The predicted molar refractivity (Wildman–Crippen MR) is 137 cm³/mol. The molecule has 0 amide bonds. The lowest BCUT2D eigenvalue weighted by Crippen LogP contribution is -2.10. The number of aromatic carboxylic acids is 1. The van der Waals surface area contributed by atoms with Gasteiger partial charge in [0.05, 0.1) is 23.1 Å². The van der Waals surface area contributed by atoms with Crippen LogP contribution in [-0.4, -0.2) is 37.3 Å². The number of anilines is 1. The molecule has 5 aromatic rings. The minimum Gasteiger partial charge on any atom is -0.478 e. The van der Waals surface area contributed by atoms with Gasteiger partial charge in [-0.2, -0.15) is 4.98 Å². The average molecular weight is 486 g/mol. The summed E-state index contributed by atoms with van der Waals surface area (Å²) in [7, 11) is 0. The molecule has 35 heavy (non-hydrogen) atoms. The second-order valence-electron chi connectivity index (χ2n) is 8.10. The van der Waals surface area contributed by atoms with Crippen LogP contribution >= 0.6 is 12.2 Å². The third-order valence-electron chi connectivity index (χ3n) is 5.76. The summed E-state index contributed by atoms with van der Waals surface area (Å²) >= 11 is 5.00. The number of aromatic amines is 1. The van der Waals surface area contributed by atoms with E-state index in [2.05, 4.69) is 27.4 Å². The first kappa shape index (κ1) is 22.5. The maximum absolute atomic E-state index is 11.9. The molecule has 2 aromatic heterocycles. The highest BCUT2D eigenvalue weighted by atomic mass is 32.1. The van der Waals surface area contributed by atoms with Gasteiger partial charge < -0.3 is 19.5 Å². The lowest BCUT2D eigenvalue weighted by atomic mass is 9.98. The summed E-state index contributed by atoms with van der Waals surface area (Å²) in [5.74, 6) is 0.260. The van der Waals surface area contributed by atoms with Crippen molar-refractivity contribution in [3.63, 3.8) is 0 Å². The molecule has 0 radical (unpaired) electrons. The number of fused-ring (bicyclic) bond motifs is 1. The van der Waals surface area contributed by atoms with Gasteiger partial charge in [0.1, 0.15) is 0 Å². The Hall–Kier alpha value is -4.24. The maximum Gasteiger partial charge on any atom is 0.337 e. The summed E-state index contributed by atoms with van der Waals surface area (Å²) in [6.45, 7) is 3.29. The van der Waals surface area contributed by atoms with Crippen LogP contribution in [0.1, 0.15) is 29.3 Å². The number of carboxylic acid groups (broad SMARTS) is 1. The van der Waals surface area contributed by atoms with Gasteiger partial charge >= 0.3 is 10.8 Å². The van der Waals surface area contributed by atoms with Crippen molar-refractivity contribution in [1.82, 2.24) is 19.7 Å². The van der Waals surface area contributed by atoms with Crippen molar-refractivity contribution in [3.05, 3.63) is 82.7 Å². The zero-order valence-corrected chi connectivity index (χ0v) is 19.8. The van der Waals surface area contributed by atoms with E-state index in [0.717, 1.165) is 35.2 Å². The number of H-pyrrole nitrogens is 1. The first-order valence-electron chi connectivity index (χ1n) is 11.3. The van der Waals surface area contributed by atoms with E-state index in [4.69, 9.17) is 16.7 Å². The molecule has 0 aliphatic carbocycles. The first-order chi connectivity index (χ1) is 17.0. The molecule has 0 fully saturated rings. The molecule has 0 aliphatic heterocycles. The zero-order chi connectivity index (χ0) is 24.4. The van der Waals surface area contributed by atoms with Gasteiger partial charge in [-0.1, -0.05) is 61.5 Å². The van der Waals surface area contributed by atoms with Gasteiger partial charge in [0.2, 0.25) is 5.95 Å². The van der Waals surface area contributed by atoms with E-state index in [1.807, 2.05) is 59.2 Å². The summed E-state index contributed by atoms with van der Waals surface area (Å²) in [5, 5.41) is 15.9. The smallest absolute Gasteiger partial charge is 0.337 e. The summed E-state index contributed by atoms with van der Waals surface area (Å²) in [5.41, 5.74) is 5.40. The van der Waals surface area contributed by atoms with E-state index in [1.165, 1.54) is 0 Å². The molecule has 2 heterocycles. The third-order valence-corrected chi connectivity index (χ3v) is 5.93. The first-order valence-corrected chi connectivity index (χ1v) is 11.7. The summed E-state index contributed by atoms with van der Waals surface area (Å²) < 4.78 is 7.05. The second-order valence-corrected chi connectivity index (χ2v) is 8.45. The highest BCUT2D eigenvalue weighted by Gasteiger charge is 2.18. The monoisotopic (exact) mass is 485 g/mol. The van der Waals surface area contributed by atoms with Crippen molar-refractivity contribution >= 4 is 35.2 Å². The molecule has 0 aliphatic rings. The van der Waals surface area contributed by atoms with Crippen molar-refractivity contribution in [2.24, 2.45) is 0 Å². The normalized spacial score (nSPS) is 11.1. The Morgan fingerprint density at radius 1 is 1.06 bits per heavy atom. The highest BCUT2D eigenvalue weighted by Crippen LogP contribution is 2.31. The van der Waals surface area contributed by atoms with Crippen LogP contribution in [0.4, 0.5) is 5.95 Å². The van der Waals surface area contributed by atoms with Crippen molar-refractivity contribution < 1.29 is 14.4 Å². The number of para-hydroxylation sites is 1. The van der Waals surface area contributed by atoms with Crippen LogP contribution in [0.2, 0.25) is 0 Å². The van der Waals surface area contributed by atoms with Crippen LogP contribution in [0.5, 0.6) is 0 Å². The molecule has 0 atom stereocenters. The fourth-order valence-corrected chi connectivity index (χ4v) is 4.27. The van der Waals surface area contributed by atoms with Crippen LogP contribution < -0.4 is 5.32 Å². The largest absolute Gasteiger partial charge is 0.478 e. The third kappa shape index (κ3) is 4.45. The van der Waals surface area contributed by atoms with E-state index >= 15 is 0 Å². The van der Waals surface area contributed by atoms with Crippen molar-refractivity contribution in [1.29, 1.82) is 0 Å². The number of benzene rings is 3. The minimum absolute atomic E-state index is 0.158. The number of nitrogens with zero attached hydrogens (tertiary/aromatic N) is 3. The van der Waals surface area contributed by atoms with Crippen LogP contribution in [0, 0.1) is 4.84 Å². The number of rotatable bonds is 8. The van der Waals surface area contributed by atoms with Crippen LogP contribution in [0.3, 0.4) is 0 Å². The number of hydrogen-bond acceptors (Lipinski definition) is 6. The molecule has 0 saturated carbocycles. The number of imidazole rings is 1. The van der Waals surface area contributed by atoms with Gasteiger partial charge in [-0.05, 0) is 47.5 Å². The second kappa shape index (κ2) is 9.55. The predicted octanol–water partition coefficient (Wildman–Crippen LogP) is 5.98. The Morgan fingerprint density at radius 3 is 2.51 bits per heavy atom. The molecule has 8 nitrogen and oxygen atoms in total. The van der Waals surface area contributed by atoms with Crippen molar-refractivity contribution in [2.45, 2.75) is 19.9 Å². The van der Waals surface area contributed by atoms with E-state index in [1.54, 1.807) is 12.1 Å². The molecule has 9 heteroatoms. The topological polar surface area (TPSA) is 109 Å². The number of hydrogen-bond donors (Lipinski definition) is 3. The average Bonchev–Trinajstić information content (AvgIpc) is 3.46. The number of carbonyl (C=O) groups is 1. The van der Waals surface area contributed by atoms with Gasteiger partial charge in [-0.15, -0.1) is 0 Å².